The SMILES string of the molecule is CCCCc1ccc(OC/C=C/CN)cc1. The molecule has 0 fully saturated rings. The number of ether oxygens (including phenoxy) is 1. The van der Waals surface area contributed by atoms with Crippen LogP contribution in [0.15, 0.2) is 36.4 Å². The first-order chi connectivity index (χ1) is 7.86. The average Bonchev–Trinajstić information content (AvgIpc) is 2.33. The largest absolute Gasteiger partial charge is 0.490 e. The predicted molar refractivity (Wildman–Crippen MR) is 68.7 cm³/mol. The fraction of sp³-hybridized carbons (Fsp3) is 0.429. The van der Waals surface area contributed by atoms with Crippen LogP contribution in [0.2, 0.25) is 0 Å². The van der Waals surface area contributed by atoms with E-state index in [-0.39, 0.29) is 0 Å². The number of benzene rings is 1. The molecule has 2 heteroatoms. The highest BCUT2D eigenvalue weighted by Crippen LogP contribution is 2.13. The Bertz CT molecular complexity index is 303. The minimum Gasteiger partial charge on any atom is -0.490 e. The average molecular weight is 219 g/mol. The maximum atomic E-state index is 5.53. The molecule has 0 unspecified atom stereocenters. The zero-order chi connectivity index (χ0) is 11.6. The number of nitrogens with two attached hydrogens (primary N) is 1. The second-order valence-corrected chi connectivity index (χ2v) is 3.77. The van der Waals surface area contributed by atoms with E-state index in [2.05, 4.69) is 19.1 Å². The van der Waals surface area contributed by atoms with Gasteiger partial charge in [0.2, 0.25) is 0 Å². The maximum Gasteiger partial charge on any atom is 0.119 e. The Hall–Kier alpha value is -1.28. The van der Waals surface area contributed by atoms with Crippen LogP contribution in [0.1, 0.15) is 25.3 Å². The summed E-state index contributed by atoms with van der Waals surface area (Å²) in [5.41, 5.74) is 6.71. The number of unbranched alkanes of at least 4 members (excludes halogenated alkanes) is 1. The first kappa shape index (κ1) is 12.8. The normalized spacial score (nSPS) is 10.9. The molecule has 0 heterocycles. The lowest BCUT2D eigenvalue weighted by atomic mass is 10.1. The molecule has 0 spiro atoms. The molecule has 0 atom stereocenters. The number of rotatable bonds is 7. The Morgan fingerprint density at radius 2 is 1.94 bits per heavy atom. The van der Waals surface area contributed by atoms with Crippen LogP contribution in [-0.4, -0.2) is 13.2 Å². The molecule has 0 aromatic heterocycles. The van der Waals surface area contributed by atoms with E-state index in [0.29, 0.717) is 13.2 Å². The van der Waals surface area contributed by atoms with Gasteiger partial charge in [0.05, 0.1) is 0 Å². The summed E-state index contributed by atoms with van der Waals surface area (Å²) >= 11 is 0. The number of aryl methyl sites for hydroxylation is 1. The summed E-state index contributed by atoms with van der Waals surface area (Å²) in [6.45, 7) is 3.37. The molecule has 0 aliphatic carbocycles. The lowest BCUT2D eigenvalue weighted by Crippen LogP contribution is -1.97. The van der Waals surface area contributed by atoms with Crippen molar-refractivity contribution in [2.75, 3.05) is 13.2 Å². The first-order valence-electron chi connectivity index (χ1n) is 5.93. The van der Waals surface area contributed by atoms with Crippen LogP contribution in [0.25, 0.3) is 0 Å². The lowest BCUT2D eigenvalue weighted by Gasteiger charge is -2.04. The van der Waals surface area contributed by atoms with E-state index in [1.165, 1.54) is 18.4 Å². The van der Waals surface area contributed by atoms with Crippen molar-refractivity contribution in [1.29, 1.82) is 0 Å². The molecule has 0 bridgehead atoms. The molecular weight excluding hydrogens is 198 g/mol. The van der Waals surface area contributed by atoms with Crippen molar-refractivity contribution < 1.29 is 4.74 Å². The molecule has 0 amide bonds. The molecule has 1 aromatic rings. The summed E-state index contributed by atoms with van der Waals surface area (Å²) in [6, 6.07) is 8.33. The van der Waals surface area contributed by atoms with E-state index in [1.54, 1.807) is 0 Å². The highest BCUT2D eigenvalue weighted by molar-refractivity contribution is 5.27. The van der Waals surface area contributed by atoms with Crippen LogP contribution in [-0.2, 0) is 6.42 Å². The standard InChI is InChI=1S/C14H21NO/c1-2-3-6-13-7-9-14(10-8-13)16-12-5-4-11-15/h4-5,7-10H,2-3,6,11-12,15H2,1H3/b5-4+. The fourth-order valence-corrected chi connectivity index (χ4v) is 1.44. The zero-order valence-electron chi connectivity index (χ0n) is 9.99. The third-order valence-corrected chi connectivity index (χ3v) is 2.39. The zero-order valence-corrected chi connectivity index (χ0v) is 9.99. The van der Waals surface area contributed by atoms with Crippen LogP contribution in [0, 0.1) is 0 Å². The summed E-state index contributed by atoms with van der Waals surface area (Å²) in [5.74, 6) is 0.918. The van der Waals surface area contributed by atoms with Crippen molar-refractivity contribution in [3.63, 3.8) is 0 Å². The van der Waals surface area contributed by atoms with Crippen LogP contribution < -0.4 is 10.5 Å². The predicted octanol–water partition coefficient (Wildman–Crippen LogP) is 2.92. The van der Waals surface area contributed by atoms with E-state index >= 15 is 0 Å². The third kappa shape index (κ3) is 4.99. The number of hydrogen-bond donors (Lipinski definition) is 1. The van der Waals surface area contributed by atoms with Gasteiger partial charge in [0.1, 0.15) is 12.4 Å². The van der Waals surface area contributed by atoms with E-state index in [0.717, 1.165) is 12.2 Å². The van der Waals surface area contributed by atoms with Crippen molar-refractivity contribution in [3.8, 4) is 5.75 Å². The molecule has 0 saturated carbocycles. The Morgan fingerprint density at radius 3 is 2.56 bits per heavy atom. The highest BCUT2D eigenvalue weighted by atomic mass is 16.5. The molecule has 0 aliphatic heterocycles. The molecule has 88 valence electrons. The summed E-state index contributed by atoms with van der Waals surface area (Å²) in [4.78, 5) is 0. The van der Waals surface area contributed by atoms with Crippen molar-refractivity contribution in [3.05, 3.63) is 42.0 Å². The van der Waals surface area contributed by atoms with Crippen molar-refractivity contribution in [1.82, 2.24) is 0 Å². The summed E-state index contributed by atoms with van der Waals surface area (Å²) < 4.78 is 5.53. The van der Waals surface area contributed by atoms with Crippen LogP contribution in [0.4, 0.5) is 0 Å². The molecule has 16 heavy (non-hydrogen) atoms. The Balaban J connectivity index is 2.36. The second-order valence-electron chi connectivity index (χ2n) is 3.77. The summed E-state index contributed by atoms with van der Waals surface area (Å²) in [7, 11) is 0. The van der Waals surface area contributed by atoms with Crippen LogP contribution in [0.3, 0.4) is 0 Å². The summed E-state index contributed by atoms with van der Waals surface area (Å²) in [6.07, 6.45) is 7.48. The smallest absolute Gasteiger partial charge is 0.119 e. The third-order valence-electron chi connectivity index (χ3n) is 2.39. The minimum absolute atomic E-state index is 0.569. The molecule has 1 rings (SSSR count). The Kier molecular flexibility index (Phi) is 6.35. The molecule has 2 N–H and O–H groups in total. The fourth-order valence-electron chi connectivity index (χ4n) is 1.44. The van der Waals surface area contributed by atoms with Gasteiger partial charge in [0.15, 0.2) is 0 Å². The van der Waals surface area contributed by atoms with E-state index in [9.17, 15) is 0 Å². The molecule has 2 nitrogen and oxygen atoms in total. The topological polar surface area (TPSA) is 35.2 Å². The van der Waals surface area contributed by atoms with E-state index < -0.39 is 0 Å². The molecule has 1 aromatic carbocycles. The molecular formula is C14H21NO. The van der Waals surface area contributed by atoms with E-state index in [1.807, 2.05) is 24.3 Å². The van der Waals surface area contributed by atoms with Gasteiger partial charge in [-0.3, -0.25) is 0 Å². The molecule has 0 radical (unpaired) electrons. The quantitative estimate of drug-likeness (QED) is 0.716. The Morgan fingerprint density at radius 1 is 1.19 bits per heavy atom. The van der Waals surface area contributed by atoms with Gasteiger partial charge < -0.3 is 10.5 Å². The van der Waals surface area contributed by atoms with Gasteiger partial charge in [-0.1, -0.05) is 37.6 Å². The van der Waals surface area contributed by atoms with Gasteiger partial charge in [-0.15, -0.1) is 0 Å². The second kappa shape index (κ2) is 7.94. The van der Waals surface area contributed by atoms with Gasteiger partial charge in [-0.2, -0.15) is 0 Å². The molecule has 0 saturated heterocycles. The molecule has 0 aliphatic rings. The highest BCUT2D eigenvalue weighted by Gasteiger charge is 1.94. The van der Waals surface area contributed by atoms with E-state index in [4.69, 9.17) is 10.5 Å². The van der Waals surface area contributed by atoms with Gasteiger partial charge in [-0.05, 0) is 30.5 Å². The van der Waals surface area contributed by atoms with Crippen LogP contribution >= 0.6 is 0 Å². The van der Waals surface area contributed by atoms with Gasteiger partial charge in [-0.25, -0.2) is 0 Å². The van der Waals surface area contributed by atoms with Crippen LogP contribution in [0.5, 0.6) is 5.75 Å². The van der Waals surface area contributed by atoms with Crippen molar-refractivity contribution in [2.45, 2.75) is 26.2 Å². The monoisotopic (exact) mass is 219 g/mol. The summed E-state index contributed by atoms with van der Waals surface area (Å²) in [5, 5.41) is 0. The van der Waals surface area contributed by atoms with Crippen molar-refractivity contribution in [2.24, 2.45) is 5.73 Å². The lowest BCUT2D eigenvalue weighted by molar-refractivity contribution is 0.362. The van der Waals surface area contributed by atoms with Gasteiger partial charge in [0.25, 0.3) is 0 Å². The van der Waals surface area contributed by atoms with Crippen molar-refractivity contribution >= 4 is 0 Å². The minimum atomic E-state index is 0.569. The first-order valence-corrected chi connectivity index (χ1v) is 5.93. The number of hydrogen-bond acceptors (Lipinski definition) is 2. The Labute approximate surface area is 98.1 Å². The maximum absolute atomic E-state index is 5.53. The van der Waals surface area contributed by atoms with Gasteiger partial charge in [0, 0.05) is 6.54 Å². The van der Waals surface area contributed by atoms with Gasteiger partial charge >= 0.3 is 0 Å².